The fourth-order valence-electron chi connectivity index (χ4n) is 0.624. The SMILES string of the molecule is C=C/C=C(/C#N)N(C)C(C)C. The van der Waals surface area contributed by atoms with Gasteiger partial charge in [-0.2, -0.15) is 5.26 Å². The van der Waals surface area contributed by atoms with Crippen molar-refractivity contribution in [1.82, 2.24) is 4.90 Å². The Kier molecular flexibility index (Phi) is 4.05. The molecule has 0 aromatic rings. The van der Waals surface area contributed by atoms with Crippen LogP contribution in [0, 0.1) is 11.3 Å². The predicted molar refractivity (Wildman–Crippen MR) is 46.8 cm³/mol. The molecule has 0 radical (unpaired) electrons. The number of nitrogens with zero attached hydrogens (tertiary/aromatic N) is 2. The average Bonchev–Trinajstić information content (AvgIpc) is 1.98. The Balaban J connectivity index is 4.41. The summed E-state index contributed by atoms with van der Waals surface area (Å²) in [6.45, 7) is 7.61. The van der Waals surface area contributed by atoms with Gasteiger partial charge in [0.2, 0.25) is 0 Å². The van der Waals surface area contributed by atoms with E-state index in [1.807, 2.05) is 25.8 Å². The molecule has 0 spiro atoms. The first-order chi connectivity index (χ1) is 5.13. The van der Waals surface area contributed by atoms with Crippen molar-refractivity contribution in [3.63, 3.8) is 0 Å². The highest BCUT2D eigenvalue weighted by Gasteiger charge is 2.05. The minimum Gasteiger partial charge on any atom is -0.364 e. The molecule has 2 heteroatoms. The summed E-state index contributed by atoms with van der Waals surface area (Å²) >= 11 is 0. The highest BCUT2D eigenvalue weighted by molar-refractivity contribution is 5.23. The van der Waals surface area contributed by atoms with E-state index in [0.717, 1.165) is 0 Å². The maximum atomic E-state index is 8.67. The Labute approximate surface area is 68.4 Å². The minimum atomic E-state index is 0.348. The quantitative estimate of drug-likeness (QED) is 0.454. The number of hydrogen-bond acceptors (Lipinski definition) is 2. The van der Waals surface area contributed by atoms with Crippen LogP contribution in [0.25, 0.3) is 0 Å². The van der Waals surface area contributed by atoms with Gasteiger partial charge in [0.15, 0.2) is 0 Å². The molecular weight excluding hydrogens is 136 g/mol. The molecule has 0 amide bonds. The number of nitriles is 1. The van der Waals surface area contributed by atoms with Gasteiger partial charge in [0, 0.05) is 13.1 Å². The van der Waals surface area contributed by atoms with Crippen molar-refractivity contribution in [2.75, 3.05) is 7.05 Å². The van der Waals surface area contributed by atoms with Crippen LogP contribution in [-0.2, 0) is 0 Å². The third kappa shape index (κ3) is 2.90. The second-order valence-corrected chi connectivity index (χ2v) is 2.60. The summed E-state index contributed by atoms with van der Waals surface area (Å²) in [6, 6.07) is 2.45. The summed E-state index contributed by atoms with van der Waals surface area (Å²) in [5.74, 6) is 0. The first-order valence-corrected chi connectivity index (χ1v) is 3.59. The van der Waals surface area contributed by atoms with E-state index >= 15 is 0 Å². The summed E-state index contributed by atoms with van der Waals surface area (Å²) in [5.41, 5.74) is 0.648. The zero-order valence-corrected chi connectivity index (χ0v) is 7.33. The zero-order chi connectivity index (χ0) is 8.85. The largest absolute Gasteiger partial charge is 0.364 e. The van der Waals surface area contributed by atoms with Gasteiger partial charge in [-0.15, -0.1) is 0 Å². The topological polar surface area (TPSA) is 27.0 Å². The van der Waals surface area contributed by atoms with Crippen molar-refractivity contribution in [2.24, 2.45) is 0 Å². The van der Waals surface area contributed by atoms with Crippen LogP contribution in [0.4, 0.5) is 0 Å². The molecule has 60 valence electrons. The fraction of sp³-hybridized carbons (Fsp3) is 0.444. The lowest BCUT2D eigenvalue weighted by Crippen LogP contribution is -2.24. The van der Waals surface area contributed by atoms with Gasteiger partial charge in [-0.25, -0.2) is 0 Å². The molecular formula is C9H14N2. The Bertz CT molecular complexity index is 196. The monoisotopic (exact) mass is 150 g/mol. The zero-order valence-electron chi connectivity index (χ0n) is 7.33. The number of allylic oxidation sites excluding steroid dienone is 3. The molecule has 0 aliphatic carbocycles. The number of hydrogen-bond donors (Lipinski definition) is 0. The van der Waals surface area contributed by atoms with Crippen LogP contribution in [-0.4, -0.2) is 18.0 Å². The lowest BCUT2D eigenvalue weighted by atomic mass is 10.3. The van der Waals surface area contributed by atoms with Crippen LogP contribution in [0.1, 0.15) is 13.8 Å². The van der Waals surface area contributed by atoms with E-state index in [1.165, 1.54) is 0 Å². The molecule has 0 fully saturated rings. The molecule has 0 aliphatic rings. The Morgan fingerprint density at radius 2 is 2.18 bits per heavy atom. The lowest BCUT2D eigenvalue weighted by molar-refractivity contribution is 0.357. The van der Waals surface area contributed by atoms with Crippen molar-refractivity contribution >= 4 is 0 Å². The van der Waals surface area contributed by atoms with Crippen molar-refractivity contribution in [3.8, 4) is 6.07 Å². The van der Waals surface area contributed by atoms with Crippen LogP contribution in [0.15, 0.2) is 24.4 Å². The molecule has 0 rings (SSSR count). The normalized spacial score (nSPS) is 11.0. The Morgan fingerprint density at radius 3 is 2.45 bits per heavy atom. The average molecular weight is 150 g/mol. The van der Waals surface area contributed by atoms with Gasteiger partial charge in [0.25, 0.3) is 0 Å². The third-order valence-electron chi connectivity index (χ3n) is 1.54. The molecule has 0 bridgehead atoms. The van der Waals surface area contributed by atoms with E-state index in [-0.39, 0.29) is 0 Å². The summed E-state index contributed by atoms with van der Waals surface area (Å²) in [7, 11) is 1.89. The molecule has 0 atom stereocenters. The molecule has 11 heavy (non-hydrogen) atoms. The first kappa shape index (κ1) is 9.77. The summed E-state index contributed by atoms with van der Waals surface area (Å²) < 4.78 is 0. The van der Waals surface area contributed by atoms with Crippen LogP contribution in [0.2, 0.25) is 0 Å². The Hall–Kier alpha value is -1.23. The molecule has 2 nitrogen and oxygen atoms in total. The van der Waals surface area contributed by atoms with Gasteiger partial charge < -0.3 is 4.90 Å². The maximum absolute atomic E-state index is 8.67. The lowest BCUT2D eigenvalue weighted by Gasteiger charge is -2.21. The smallest absolute Gasteiger partial charge is 0.117 e. The van der Waals surface area contributed by atoms with E-state index in [4.69, 9.17) is 5.26 Å². The van der Waals surface area contributed by atoms with E-state index < -0.39 is 0 Å². The van der Waals surface area contributed by atoms with Gasteiger partial charge in [-0.3, -0.25) is 0 Å². The molecule has 0 aliphatic heterocycles. The van der Waals surface area contributed by atoms with Crippen molar-refractivity contribution in [3.05, 3.63) is 24.4 Å². The van der Waals surface area contributed by atoms with Crippen molar-refractivity contribution in [2.45, 2.75) is 19.9 Å². The molecule has 0 unspecified atom stereocenters. The van der Waals surface area contributed by atoms with Crippen LogP contribution in [0.5, 0.6) is 0 Å². The predicted octanol–water partition coefficient (Wildman–Crippen LogP) is 1.92. The van der Waals surface area contributed by atoms with E-state index in [1.54, 1.807) is 12.2 Å². The van der Waals surface area contributed by atoms with Crippen molar-refractivity contribution in [1.29, 1.82) is 5.26 Å². The van der Waals surface area contributed by atoms with Crippen molar-refractivity contribution < 1.29 is 0 Å². The highest BCUT2D eigenvalue weighted by atomic mass is 15.1. The van der Waals surface area contributed by atoms with Gasteiger partial charge in [0.1, 0.15) is 11.8 Å². The van der Waals surface area contributed by atoms with Crippen LogP contribution < -0.4 is 0 Å². The van der Waals surface area contributed by atoms with Crippen LogP contribution in [0.3, 0.4) is 0 Å². The second kappa shape index (κ2) is 4.56. The fourth-order valence-corrected chi connectivity index (χ4v) is 0.624. The van der Waals surface area contributed by atoms with Gasteiger partial charge in [-0.05, 0) is 19.9 Å². The summed E-state index contributed by atoms with van der Waals surface area (Å²) in [5, 5.41) is 8.67. The maximum Gasteiger partial charge on any atom is 0.117 e. The second-order valence-electron chi connectivity index (χ2n) is 2.60. The molecule has 0 saturated carbocycles. The van der Waals surface area contributed by atoms with Gasteiger partial charge in [0.05, 0.1) is 0 Å². The van der Waals surface area contributed by atoms with E-state index in [9.17, 15) is 0 Å². The highest BCUT2D eigenvalue weighted by Crippen LogP contribution is 2.04. The van der Waals surface area contributed by atoms with Crippen LogP contribution >= 0.6 is 0 Å². The molecule has 0 saturated heterocycles. The van der Waals surface area contributed by atoms with Gasteiger partial charge in [-0.1, -0.05) is 12.7 Å². The molecule has 0 aromatic heterocycles. The first-order valence-electron chi connectivity index (χ1n) is 3.59. The number of rotatable bonds is 3. The minimum absolute atomic E-state index is 0.348. The standard InChI is InChI=1S/C9H14N2/c1-5-6-9(7-10)11(4)8(2)3/h5-6,8H,1H2,2-4H3/b9-6-. The molecule has 0 aromatic carbocycles. The van der Waals surface area contributed by atoms with E-state index in [2.05, 4.69) is 12.6 Å². The van der Waals surface area contributed by atoms with E-state index in [0.29, 0.717) is 11.7 Å². The van der Waals surface area contributed by atoms with Gasteiger partial charge >= 0.3 is 0 Å². The molecule has 0 heterocycles. The summed E-state index contributed by atoms with van der Waals surface area (Å²) in [4.78, 5) is 1.90. The summed E-state index contributed by atoms with van der Waals surface area (Å²) in [6.07, 6.45) is 3.33. The Morgan fingerprint density at radius 1 is 1.64 bits per heavy atom. The third-order valence-corrected chi connectivity index (χ3v) is 1.54. The molecule has 0 N–H and O–H groups in total.